The van der Waals surface area contributed by atoms with Crippen molar-refractivity contribution in [1.29, 1.82) is 0 Å². The predicted molar refractivity (Wildman–Crippen MR) is 120 cm³/mol. The number of carbonyl (C=O) groups excluding carboxylic acids is 1. The number of hydrogen-bond acceptors (Lipinski definition) is 6. The molecule has 1 heterocycles. The van der Waals surface area contributed by atoms with Gasteiger partial charge in [-0.1, -0.05) is 66.7 Å². The van der Waals surface area contributed by atoms with Gasteiger partial charge in [0.2, 0.25) is 10.0 Å². The molecule has 1 amide bonds. The van der Waals surface area contributed by atoms with Crippen LogP contribution in [0.1, 0.15) is 22.8 Å². The summed E-state index contributed by atoms with van der Waals surface area (Å²) in [5, 5.41) is 0. The second-order valence-corrected chi connectivity index (χ2v) is 9.22. The monoisotopic (exact) mass is 453 g/mol. The van der Waals surface area contributed by atoms with Crippen molar-refractivity contribution < 1.29 is 27.4 Å². The van der Waals surface area contributed by atoms with Crippen molar-refractivity contribution in [3.8, 4) is 5.75 Å². The first-order valence-corrected chi connectivity index (χ1v) is 11.9. The van der Waals surface area contributed by atoms with Gasteiger partial charge < -0.3 is 14.2 Å². The lowest BCUT2D eigenvalue weighted by Gasteiger charge is -2.23. The molecule has 0 saturated carbocycles. The molecule has 3 aromatic carbocycles. The normalized spacial score (nSPS) is 15.1. The summed E-state index contributed by atoms with van der Waals surface area (Å²) in [7, 11) is -4.01. The second-order valence-electron chi connectivity index (χ2n) is 7.39. The second kappa shape index (κ2) is 9.42. The van der Waals surface area contributed by atoms with Gasteiger partial charge in [0.25, 0.3) is 0 Å². The molecule has 1 aliphatic heterocycles. The summed E-state index contributed by atoms with van der Waals surface area (Å²) < 4.78 is 42.5. The molecule has 1 saturated heterocycles. The maximum Gasteiger partial charge on any atom is 0.428 e. The number of rotatable bonds is 8. The molecule has 4 rings (SSSR count). The largest absolute Gasteiger partial charge is 0.487 e. The summed E-state index contributed by atoms with van der Waals surface area (Å²) in [4.78, 5) is 12.9. The lowest BCUT2D eigenvalue weighted by Crippen LogP contribution is -2.37. The van der Waals surface area contributed by atoms with Crippen molar-refractivity contribution >= 4 is 21.8 Å². The smallest absolute Gasteiger partial charge is 0.428 e. The number of nitrogens with zero attached hydrogens (tertiary/aromatic N) is 1. The fraction of sp³-hybridized carbons (Fsp3) is 0.208. The third-order valence-electron chi connectivity index (χ3n) is 4.85. The van der Waals surface area contributed by atoms with E-state index in [1.54, 1.807) is 30.3 Å². The molecule has 3 aromatic rings. The fourth-order valence-corrected chi connectivity index (χ4v) is 4.01. The molecule has 0 aliphatic carbocycles. The van der Waals surface area contributed by atoms with E-state index in [-0.39, 0.29) is 30.8 Å². The maximum atomic E-state index is 12.9. The van der Waals surface area contributed by atoms with Crippen LogP contribution in [0.4, 0.5) is 10.5 Å². The highest BCUT2D eigenvalue weighted by Gasteiger charge is 2.33. The van der Waals surface area contributed by atoms with Gasteiger partial charge in [0.15, 0.2) is 0 Å². The summed E-state index contributed by atoms with van der Waals surface area (Å²) in [5.74, 6) is 0.250. The molecule has 0 unspecified atom stereocenters. The maximum absolute atomic E-state index is 12.9. The Kier molecular flexibility index (Phi) is 6.43. The lowest BCUT2D eigenvalue weighted by molar-refractivity contribution is 0.151. The summed E-state index contributed by atoms with van der Waals surface area (Å²) in [6, 6.07) is 23.6. The van der Waals surface area contributed by atoms with Crippen molar-refractivity contribution in [2.24, 2.45) is 0 Å². The Labute approximate surface area is 187 Å². The molecule has 7 nitrogen and oxygen atoms in total. The standard InChI is InChI=1S/C24H23NO6S/c1-32(27,28)25(24(26)31-16-19-10-6-3-7-11-19)21-14-20(23-17-30-23)12-13-22(21)29-15-18-8-4-2-5-9-18/h2-14,23H,15-17H2,1H3/t23-/m0/s1. The van der Waals surface area contributed by atoms with Gasteiger partial charge in [0, 0.05) is 0 Å². The van der Waals surface area contributed by atoms with E-state index in [0.29, 0.717) is 10.9 Å². The van der Waals surface area contributed by atoms with Gasteiger partial charge in [0.1, 0.15) is 30.8 Å². The number of ether oxygens (including phenoxy) is 3. The third-order valence-corrected chi connectivity index (χ3v) is 5.86. The first-order valence-electron chi connectivity index (χ1n) is 10.0. The van der Waals surface area contributed by atoms with Crippen LogP contribution in [0, 0.1) is 0 Å². The number of epoxide rings is 1. The number of hydrogen-bond donors (Lipinski definition) is 0. The predicted octanol–water partition coefficient (Wildman–Crippen LogP) is 4.44. The quantitative estimate of drug-likeness (QED) is 0.469. The van der Waals surface area contributed by atoms with E-state index in [1.807, 2.05) is 48.5 Å². The Morgan fingerprint density at radius 1 is 0.969 bits per heavy atom. The molecular weight excluding hydrogens is 430 g/mol. The van der Waals surface area contributed by atoms with Crippen molar-refractivity contribution in [2.45, 2.75) is 19.3 Å². The van der Waals surface area contributed by atoms with E-state index in [1.165, 1.54) is 0 Å². The molecule has 8 heteroatoms. The van der Waals surface area contributed by atoms with Gasteiger partial charge in [-0.3, -0.25) is 0 Å². The van der Waals surface area contributed by atoms with Crippen LogP contribution >= 0.6 is 0 Å². The molecule has 0 aromatic heterocycles. The van der Waals surface area contributed by atoms with E-state index in [2.05, 4.69) is 0 Å². The minimum absolute atomic E-state index is 0.0582. The zero-order valence-corrected chi connectivity index (χ0v) is 18.3. The minimum atomic E-state index is -4.01. The van der Waals surface area contributed by atoms with Crippen LogP contribution in [0.2, 0.25) is 0 Å². The van der Waals surface area contributed by atoms with E-state index >= 15 is 0 Å². The van der Waals surface area contributed by atoms with Gasteiger partial charge in [0.05, 0.1) is 12.9 Å². The molecule has 0 N–H and O–H groups in total. The van der Waals surface area contributed by atoms with Gasteiger partial charge >= 0.3 is 6.09 Å². The topological polar surface area (TPSA) is 85.4 Å². The van der Waals surface area contributed by atoms with Gasteiger partial charge in [-0.25, -0.2) is 13.2 Å². The van der Waals surface area contributed by atoms with Crippen LogP contribution in [-0.2, 0) is 32.7 Å². The molecule has 1 atom stereocenters. The number of anilines is 1. The molecule has 32 heavy (non-hydrogen) atoms. The fourth-order valence-electron chi connectivity index (χ4n) is 3.18. The van der Waals surface area contributed by atoms with Crippen molar-refractivity contribution in [3.05, 3.63) is 95.6 Å². The SMILES string of the molecule is CS(=O)(=O)N(C(=O)OCc1ccccc1)c1cc([C@@H]2CO2)ccc1OCc1ccccc1. The Morgan fingerprint density at radius 2 is 1.56 bits per heavy atom. The van der Waals surface area contributed by atoms with Crippen molar-refractivity contribution in [1.82, 2.24) is 0 Å². The highest BCUT2D eigenvalue weighted by Crippen LogP contribution is 2.38. The number of sulfonamides is 1. The van der Waals surface area contributed by atoms with Crippen LogP contribution in [0.5, 0.6) is 5.75 Å². The first kappa shape index (κ1) is 21.9. The van der Waals surface area contributed by atoms with Crippen LogP contribution < -0.4 is 9.04 Å². The van der Waals surface area contributed by atoms with Crippen LogP contribution in [-0.4, -0.2) is 27.4 Å². The number of amides is 1. The van der Waals surface area contributed by atoms with Gasteiger partial charge in [-0.05, 0) is 28.8 Å². The molecular formula is C24H23NO6S. The average Bonchev–Trinajstić information content (AvgIpc) is 3.63. The Bertz CT molecular complexity index is 1180. The first-order chi connectivity index (χ1) is 15.4. The average molecular weight is 454 g/mol. The number of benzene rings is 3. The zero-order valence-electron chi connectivity index (χ0n) is 17.5. The molecule has 0 bridgehead atoms. The third kappa shape index (κ3) is 5.46. The van der Waals surface area contributed by atoms with Crippen LogP contribution in [0.25, 0.3) is 0 Å². The lowest BCUT2D eigenvalue weighted by atomic mass is 10.1. The Balaban J connectivity index is 1.63. The van der Waals surface area contributed by atoms with Crippen molar-refractivity contribution in [3.63, 3.8) is 0 Å². The van der Waals surface area contributed by atoms with Crippen LogP contribution in [0.3, 0.4) is 0 Å². The van der Waals surface area contributed by atoms with E-state index < -0.39 is 16.1 Å². The molecule has 1 fully saturated rings. The highest BCUT2D eigenvalue weighted by molar-refractivity contribution is 7.92. The van der Waals surface area contributed by atoms with Crippen LogP contribution in [0.15, 0.2) is 78.9 Å². The summed E-state index contributed by atoms with van der Waals surface area (Å²) in [6.45, 7) is 0.697. The summed E-state index contributed by atoms with van der Waals surface area (Å²) >= 11 is 0. The molecule has 166 valence electrons. The zero-order chi connectivity index (χ0) is 22.6. The highest BCUT2D eigenvalue weighted by atomic mass is 32.2. The molecule has 0 radical (unpaired) electrons. The molecule has 1 aliphatic rings. The van der Waals surface area contributed by atoms with E-state index in [9.17, 15) is 13.2 Å². The Morgan fingerprint density at radius 3 is 2.12 bits per heavy atom. The van der Waals surface area contributed by atoms with Gasteiger partial charge in [-0.15, -0.1) is 0 Å². The minimum Gasteiger partial charge on any atom is -0.487 e. The number of carbonyl (C=O) groups is 1. The van der Waals surface area contributed by atoms with Crippen molar-refractivity contribution in [2.75, 3.05) is 17.2 Å². The van der Waals surface area contributed by atoms with E-state index in [0.717, 1.165) is 22.9 Å². The van der Waals surface area contributed by atoms with E-state index in [4.69, 9.17) is 14.2 Å². The molecule has 0 spiro atoms. The Hall–Kier alpha value is -3.36. The summed E-state index contributed by atoms with van der Waals surface area (Å²) in [6.07, 6.45) is -0.175. The summed E-state index contributed by atoms with van der Waals surface area (Å²) in [5.41, 5.74) is 2.51. The van der Waals surface area contributed by atoms with Gasteiger partial charge in [-0.2, -0.15) is 4.31 Å².